The lowest BCUT2D eigenvalue weighted by atomic mass is 9.85. The second-order valence-electron chi connectivity index (χ2n) is 12.2. The topological polar surface area (TPSA) is 32.0 Å². The predicted molar refractivity (Wildman–Crippen MR) is 197 cm³/mol. The van der Waals surface area contributed by atoms with Crippen LogP contribution in [0, 0.1) is 11.3 Å². The summed E-state index contributed by atoms with van der Waals surface area (Å²) in [5.41, 5.74) is 6.08. The van der Waals surface area contributed by atoms with Gasteiger partial charge in [-0.2, -0.15) is 5.26 Å². The Hall–Kier alpha value is -4.82. The summed E-state index contributed by atoms with van der Waals surface area (Å²) in [4.78, 5) is 2.02. The number of fused-ring (bicyclic) bond motifs is 3. The fourth-order valence-corrected chi connectivity index (χ4v) is 6.56. The quantitative estimate of drug-likeness (QED) is 0.181. The van der Waals surface area contributed by atoms with Crippen LogP contribution < -0.4 is 4.90 Å². The van der Waals surface area contributed by atoms with E-state index in [4.69, 9.17) is 15.7 Å². The summed E-state index contributed by atoms with van der Waals surface area (Å²) in [6.07, 6.45) is 0. The normalized spacial score (nSPS) is 12.8. The third-order valence-electron chi connectivity index (χ3n) is 8.05. The number of aromatic nitrogens is 1. The van der Waals surface area contributed by atoms with Gasteiger partial charge in [0.2, 0.25) is 0 Å². The molecule has 0 saturated carbocycles. The third kappa shape index (κ3) is 5.47. The molecular weight excluding hydrogens is 650 g/mol. The Morgan fingerprint density at radius 3 is 2.13 bits per heavy atom. The Morgan fingerprint density at radius 1 is 0.761 bits per heavy atom. The largest absolute Gasteiger partial charge is 0.310 e. The van der Waals surface area contributed by atoms with E-state index in [0.717, 1.165) is 33.2 Å². The van der Waals surface area contributed by atoms with Crippen molar-refractivity contribution in [1.29, 1.82) is 5.26 Å². The number of nitrogens with zero attached hydrogens (tertiary/aromatic N) is 3. The number of nitriles is 1. The number of para-hydroxylation sites is 2. The zero-order valence-electron chi connectivity index (χ0n) is 29.5. The minimum atomic E-state index is -0.584. The molecule has 0 bridgehead atoms. The van der Waals surface area contributed by atoms with Gasteiger partial charge in [0, 0.05) is 37.3 Å². The van der Waals surface area contributed by atoms with Crippen LogP contribution >= 0.6 is 27.5 Å². The van der Waals surface area contributed by atoms with Crippen LogP contribution in [0.3, 0.4) is 0 Å². The molecule has 3 nitrogen and oxygen atoms in total. The lowest BCUT2D eigenvalue weighted by Gasteiger charge is -2.27. The van der Waals surface area contributed by atoms with Crippen molar-refractivity contribution in [3.8, 4) is 22.9 Å². The van der Waals surface area contributed by atoms with Crippen molar-refractivity contribution in [2.24, 2.45) is 0 Å². The van der Waals surface area contributed by atoms with Crippen molar-refractivity contribution in [3.63, 3.8) is 0 Å². The second-order valence-corrected chi connectivity index (χ2v) is 13.5. The van der Waals surface area contributed by atoms with Crippen molar-refractivity contribution in [2.45, 2.75) is 26.2 Å². The van der Waals surface area contributed by atoms with E-state index in [1.54, 1.807) is 0 Å². The van der Waals surface area contributed by atoms with Gasteiger partial charge >= 0.3 is 0 Å². The molecule has 7 rings (SSSR count). The van der Waals surface area contributed by atoms with Crippen molar-refractivity contribution in [1.82, 2.24) is 4.57 Å². The molecule has 0 N–H and O–H groups in total. The number of halogens is 2. The molecule has 0 aliphatic carbocycles. The average molecular weight is 685 g/mol. The summed E-state index contributed by atoms with van der Waals surface area (Å²) in [5, 5.41) is 13.1. The van der Waals surface area contributed by atoms with E-state index in [2.05, 4.69) is 50.8 Å². The highest BCUT2D eigenvalue weighted by Crippen LogP contribution is 2.42. The second kappa shape index (κ2) is 11.8. The molecule has 0 radical (unpaired) electrons. The maximum Gasteiger partial charge on any atom is 0.101 e. The van der Waals surface area contributed by atoms with Crippen LogP contribution in [0.4, 0.5) is 17.1 Å². The van der Waals surface area contributed by atoms with Gasteiger partial charge in [-0.15, -0.1) is 0 Å². The molecular formula is C41H31BrClN3. The molecule has 0 fully saturated rings. The fourth-order valence-electron chi connectivity index (χ4n) is 5.89. The van der Waals surface area contributed by atoms with Gasteiger partial charge in [-0.25, -0.2) is 0 Å². The number of rotatable bonds is 5. The number of hydrogen-bond donors (Lipinski definition) is 0. The summed E-state index contributed by atoms with van der Waals surface area (Å²) in [7, 11) is 0. The minimum Gasteiger partial charge on any atom is -0.310 e. The maximum atomic E-state index is 10.4. The zero-order chi connectivity index (χ0) is 35.5. The predicted octanol–water partition coefficient (Wildman–Crippen LogP) is 12.5. The molecule has 0 spiro atoms. The van der Waals surface area contributed by atoms with Crippen LogP contribution in [0.25, 0.3) is 38.6 Å². The molecule has 46 heavy (non-hydrogen) atoms. The van der Waals surface area contributed by atoms with E-state index in [9.17, 15) is 6.63 Å². The highest BCUT2D eigenvalue weighted by atomic mass is 79.9. The molecule has 0 unspecified atom stereocenters. The highest BCUT2D eigenvalue weighted by molar-refractivity contribution is 9.10. The van der Waals surface area contributed by atoms with Crippen LogP contribution in [0.5, 0.6) is 0 Å². The standard InChI is InChI=1S/C41H31BrClN3/c1-41(2,3)30-11-8-10-27(20-30)29-21-31(42)23-35(22-29)45(33-13-9-12-32(43)24-33)34-19-18-28(26-44)40(25-34)46-38-16-6-4-14-36(38)37-15-5-7-17-39(37)46/h4-25H,1-3H3/i8D,10D,11D,20D. The van der Waals surface area contributed by atoms with Crippen LogP contribution in [0.1, 0.15) is 37.4 Å². The Labute approximate surface area is 288 Å². The lowest BCUT2D eigenvalue weighted by Crippen LogP contribution is -2.12. The molecule has 0 saturated heterocycles. The van der Waals surface area contributed by atoms with E-state index in [0.29, 0.717) is 37.6 Å². The lowest BCUT2D eigenvalue weighted by molar-refractivity contribution is 0.590. The Bertz CT molecular complexity index is 2480. The van der Waals surface area contributed by atoms with E-state index >= 15 is 0 Å². The van der Waals surface area contributed by atoms with Gasteiger partial charge in [0.1, 0.15) is 6.07 Å². The fraction of sp³-hybridized carbons (Fsp3) is 0.0976. The maximum absolute atomic E-state index is 10.4. The Balaban J connectivity index is 1.51. The molecule has 0 amide bonds. The summed E-state index contributed by atoms with van der Waals surface area (Å²) in [6, 6.07) is 37.2. The number of anilines is 3. The molecule has 5 heteroatoms. The van der Waals surface area contributed by atoms with Gasteiger partial charge in [0.05, 0.1) is 27.8 Å². The van der Waals surface area contributed by atoms with E-state index in [1.165, 1.54) is 0 Å². The zero-order valence-corrected chi connectivity index (χ0v) is 27.8. The minimum absolute atomic E-state index is 0.0638. The molecule has 7 aromatic rings. The van der Waals surface area contributed by atoms with Crippen LogP contribution in [-0.4, -0.2) is 4.57 Å². The SMILES string of the molecule is [2H]c1c([2H])c(-c2cc(Br)cc(N(c3cccc(Cl)c3)c3ccc(C#N)c(-n4c5ccccc5c5ccccc54)c3)c2)c([2H])c(C(C)(C)C)c1[2H]. The molecule has 1 aromatic heterocycles. The van der Waals surface area contributed by atoms with Gasteiger partial charge in [-0.1, -0.05) is 115 Å². The first-order valence-corrected chi connectivity index (χ1v) is 16.1. The Morgan fingerprint density at radius 2 is 1.46 bits per heavy atom. The van der Waals surface area contributed by atoms with Crippen molar-refractivity contribution in [3.05, 3.63) is 154 Å². The smallest absolute Gasteiger partial charge is 0.101 e. The summed E-state index contributed by atoms with van der Waals surface area (Å²) in [6.45, 7) is 5.74. The van der Waals surface area contributed by atoms with Gasteiger partial charge in [0.25, 0.3) is 0 Å². The van der Waals surface area contributed by atoms with Crippen molar-refractivity contribution < 1.29 is 5.48 Å². The third-order valence-corrected chi connectivity index (χ3v) is 8.74. The first-order valence-electron chi connectivity index (χ1n) is 16.9. The monoisotopic (exact) mass is 683 g/mol. The molecule has 224 valence electrons. The summed E-state index contributed by atoms with van der Waals surface area (Å²) in [5.74, 6) is 0. The summed E-state index contributed by atoms with van der Waals surface area (Å²) < 4.78 is 38.2. The summed E-state index contributed by atoms with van der Waals surface area (Å²) >= 11 is 10.3. The molecule has 0 atom stereocenters. The van der Waals surface area contributed by atoms with E-state index in [1.807, 2.05) is 111 Å². The van der Waals surface area contributed by atoms with Gasteiger partial charge in [-0.05, 0) is 88.8 Å². The van der Waals surface area contributed by atoms with Crippen LogP contribution in [0.15, 0.2) is 138 Å². The van der Waals surface area contributed by atoms with E-state index < -0.39 is 5.41 Å². The van der Waals surface area contributed by atoms with Gasteiger partial charge < -0.3 is 9.47 Å². The first-order chi connectivity index (χ1) is 23.9. The van der Waals surface area contributed by atoms with E-state index in [-0.39, 0.29) is 29.7 Å². The molecule has 0 aliphatic rings. The van der Waals surface area contributed by atoms with Crippen LogP contribution in [-0.2, 0) is 5.41 Å². The highest BCUT2D eigenvalue weighted by Gasteiger charge is 2.20. The molecule has 6 aromatic carbocycles. The van der Waals surface area contributed by atoms with Crippen LogP contribution in [0.2, 0.25) is 5.02 Å². The molecule has 0 aliphatic heterocycles. The number of benzene rings is 6. The van der Waals surface area contributed by atoms with Crippen molar-refractivity contribution >= 4 is 66.4 Å². The van der Waals surface area contributed by atoms with Gasteiger partial charge in [0.15, 0.2) is 0 Å². The van der Waals surface area contributed by atoms with Crippen molar-refractivity contribution in [2.75, 3.05) is 4.90 Å². The van der Waals surface area contributed by atoms with Gasteiger partial charge in [-0.3, -0.25) is 0 Å². The Kier molecular flexibility index (Phi) is 6.53. The molecule has 1 heterocycles. The average Bonchev–Trinajstić information content (AvgIpc) is 3.41. The number of hydrogen-bond acceptors (Lipinski definition) is 2. The first kappa shape index (κ1) is 25.4.